The molecule has 1 aromatic heterocycles. The Morgan fingerprint density at radius 2 is 2.13 bits per heavy atom. The van der Waals surface area contributed by atoms with Crippen molar-refractivity contribution in [3.63, 3.8) is 0 Å². The molecule has 2 fully saturated rings. The fraction of sp³-hybridized carbons (Fsp3) is 0.750. The Hall–Kier alpha value is -1.11. The van der Waals surface area contributed by atoms with E-state index in [0.29, 0.717) is 6.61 Å². The van der Waals surface area contributed by atoms with Crippen molar-refractivity contribution in [3.05, 3.63) is 21.6 Å². The van der Waals surface area contributed by atoms with E-state index in [9.17, 15) is 4.79 Å². The normalized spacial score (nSPS) is 23.2. The highest BCUT2D eigenvalue weighted by atomic mass is 35.5. The second-order valence-electron chi connectivity index (χ2n) is 6.28. The third kappa shape index (κ3) is 4.05. The van der Waals surface area contributed by atoms with Crippen LogP contribution in [0, 0.1) is 0 Å². The van der Waals surface area contributed by atoms with E-state index in [0.717, 1.165) is 44.6 Å². The van der Waals surface area contributed by atoms with Gasteiger partial charge in [0.15, 0.2) is 0 Å². The van der Waals surface area contributed by atoms with Gasteiger partial charge in [-0.2, -0.15) is 5.10 Å². The summed E-state index contributed by atoms with van der Waals surface area (Å²) in [7, 11) is 1.60. The maximum Gasteiger partial charge on any atom is 0.287 e. The first-order valence-corrected chi connectivity index (χ1v) is 8.73. The topological polar surface area (TPSA) is 56.6 Å². The Labute approximate surface area is 141 Å². The molecule has 0 saturated carbocycles. The lowest BCUT2D eigenvalue weighted by atomic mass is 10.1. The molecular weight excluding hydrogens is 318 g/mol. The quantitative estimate of drug-likeness (QED) is 0.838. The second-order valence-corrected chi connectivity index (χ2v) is 6.66. The minimum absolute atomic E-state index is 0.248. The van der Waals surface area contributed by atoms with E-state index in [1.807, 2.05) is 0 Å². The summed E-state index contributed by atoms with van der Waals surface area (Å²) in [4.78, 5) is 14.0. The Bertz CT molecular complexity index is 578. The third-order valence-electron chi connectivity index (χ3n) is 4.63. The standard InChI is InChI=1S/C16H24ClN3O3/c1-19-16(21)15(17)14(10-18-19)20-7-5-12(6-8-20)23-11-13-4-2-3-9-22-13/h10,12-13H,2-9,11H2,1H3/t13-/m0/s1. The number of aryl methyl sites for hydroxylation is 1. The van der Waals surface area contributed by atoms with E-state index in [-0.39, 0.29) is 22.8 Å². The van der Waals surface area contributed by atoms with Crippen LogP contribution >= 0.6 is 11.6 Å². The monoisotopic (exact) mass is 341 g/mol. The molecule has 1 atom stereocenters. The van der Waals surface area contributed by atoms with Crippen LogP contribution < -0.4 is 10.5 Å². The van der Waals surface area contributed by atoms with E-state index in [1.54, 1.807) is 13.2 Å². The number of rotatable bonds is 4. The molecule has 1 aromatic rings. The van der Waals surface area contributed by atoms with Crippen LogP contribution in [0.1, 0.15) is 32.1 Å². The van der Waals surface area contributed by atoms with Crippen LogP contribution in [0.2, 0.25) is 5.02 Å². The van der Waals surface area contributed by atoms with Crippen molar-refractivity contribution < 1.29 is 9.47 Å². The van der Waals surface area contributed by atoms with Crippen LogP contribution in [0.3, 0.4) is 0 Å². The molecule has 23 heavy (non-hydrogen) atoms. The number of aromatic nitrogens is 2. The molecule has 128 valence electrons. The molecule has 0 amide bonds. The van der Waals surface area contributed by atoms with Crippen LogP contribution in [-0.2, 0) is 16.5 Å². The van der Waals surface area contributed by atoms with Crippen LogP contribution in [0.5, 0.6) is 0 Å². The first-order chi connectivity index (χ1) is 11.1. The Kier molecular flexibility index (Phi) is 5.56. The van der Waals surface area contributed by atoms with Crippen LogP contribution in [0.25, 0.3) is 0 Å². The number of nitrogens with zero attached hydrogens (tertiary/aromatic N) is 3. The molecular formula is C16H24ClN3O3. The van der Waals surface area contributed by atoms with Gasteiger partial charge in [-0.1, -0.05) is 11.6 Å². The van der Waals surface area contributed by atoms with Gasteiger partial charge in [-0.05, 0) is 32.1 Å². The summed E-state index contributed by atoms with van der Waals surface area (Å²) in [6, 6.07) is 0. The molecule has 0 radical (unpaired) electrons. The highest BCUT2D eigenvalue weighted by Gasteiger charge is 2.24. The first kappa shape index (κ1) is 16.7. The molecule has 3 heterocycles. The fourth-order valence-corrected chi connectivity index (χ4v) is 3.46. The van der Waals surface area contributed by atoms with Gasteiger partial charge < -0.3 is 14.4 Å². The number of hydrogen-bond acceptors (Lipinski definition) is 5. The van der Waals surface area contributed by atoms with Crippen molar-refractivity contribution >= 4 is 17.3 Å². The SMILES string of the molecule is Cn1ncc(N2CCC(OC[C@@H]3CCCCO3)CC2)c(Cl)c1=O. The van der Waals surface area contributed by atoms with Gasteiger partial charge in [-0.25, -0.2) is 4.68 Å². The van der Waals surface area contributed by atoms with Gasteiger partial charge in [0.25, 0.3) is 5.56 Å². The maximum absolute atomic E-state index is 11.9. The Balaban J connectivity index is 1.50. The average molecular weight is 342 g/mol. The van der Waals surface area contributed by atoms with Gasteiger partial charge in [0.2, 0.25) is 0 Å². The van der Waals surface area contributed by atoms with Crippen molar-refractivity contribution in [2.45, 2.75) is 44.3 Å². The molecule has 0 bridgehead atoms. The molecule has 7 heteroatoms. The summed E-state index contributed by atoms with van der Waals surface area (Å²) >= 11 is 6.17. The van der Waals surface area contributed by atoms with Gasteiger partial charge in [-0.3, -0.25) is 4.79 Å². The van der Waals surface area contributed by atoms with Crippen molar-refractivity contribution in [1.82, 2.24) is 9.78 Å². The molecule has 2 saturated heterocycles. The molecule has 3 rings (SSSR count). The minimum atomic E-state index is -0.253. The van der Waals surface area contributed by atoms with Crippen molar-refractivity contribution in [2.24, 2.45) is 7.05 Å². The predicted molar refractivity (Wildman–Crippen MR) is 89.3 cm³/mol. The summed E-state index contributed by atoms with van der Waals surface area (Å²) in [5.74, 6) is 0. The zero-order chi connectivity index (χ0) is 16.2. The number of anilines is 1. The van der Waals surface area contributed by atoms with E-state index < -0.39 is 0 Å². The van der Waals surface area contributed by atoms with Crippen molar-refractivity contribution in [2.75, 3.05) is 31.2 Å². The third-order valence-corrected chi connectivity index (χ3v) is 4.99. The van der Waals surface area contributed by atoms with Crippen molar-refractivity contribution in [1.29, 1.82) is 0 Å². The lowest BCUT2D eigenvalue weighted by Gasteiger charge is -2.34. The Morgan fingerprint density at radius 1 is 1.35 bits per heavy atom. The molecule has 2 aliphatic rings. The fourth-order valence-electron chi connectivity index (χ4n) is 3.17. The van der Waals surface area contributed by atoms with Crippen molar-refractivity contribution in [3.8, 4) is 0 Å². The summed E-state index contributed by atoms with van der Waals surface area (Å²) in [5.41, 5.74) is 0.473. The largest absolute Gasteiger partial charge is 0.376 e. The molecule has 0 aromatic carbocycles. The van der Waals surface area contributed by atoms with Gasteiger partial charge in [0.05, 0.1) is 30.7 Å². The van der Waals surface area contributed by atoms with Gasteiger partial charge in [-0.15, -0.1) is 0 Å². The number of ether oxygens (including phenoxy) is 2. The molecule has 6 nitrogen and oxygen atoms in total. The first-order valence-electron chi connectivity index (χ1n) is 8.35. The molecule has 2 aliphatic heterocycles. The molecule has 0 unspecified atom stereocenters. The highest BCUT2D eigenvalue weighted by molar-refractivity contribution is 6.33. The number of hydrogen-bond donors (Lipinski definition) is 0. The summed E-state index contributed by atoms with van der Waals surface area (Å²) in [6.07, 6.45) is 7.55. The number of piperidine rings is 1. The van der Waals surface area contributed by atoms with E-state index in [1.165, 1.54) is 17.5 Å². The van der Waals surface area contributed by atoms with Crippen LogP contribution in [-0.4, -0.2) is 48.3 Å². The van der Waals surface area contributed by atoms with Gasteiger partial charge in [0.1, 0.15) is 5.02 Å². The zero-order valence-electron chi connectivity index (χ0n) is 13.5. The minimum Gasteiger partial charge on any atom is -0.376 e. The predicted octanol–water partition coefficient (Wildman–Crippen LogP) is 1.99. The maximum atomic E-state index is 11.9. The molecule has 0 N–H and O–H groups in total. The summed E-state index contributed by atoms with van der Waals surface area (Å²) < 4.78 is 13.0. The average Bonchev–Trinajstić information content (AvgIpc) is 2.60. The Morgan fingerprint density at radius 3 is 2.83 bits per heavy atom. The summed E-state index contributed by atoms with van der Waals surface area (Å²) in [6.45, 7) is 3.20. The van der Waals surface area contributed by atoms with Crippen LogP contribution in [0.15, 0.2) is 11.0 Å². The zero-order valence-corrected chi connectivity index (χ0v) is 14.3. The molecule has 0 aliphatic carbocycles. The lowest BCUT2D eigenvalue weighted by molar-refractivity contribution is -0.0672. The van der Waals surface area contributed by atoms with Crippen LogP contribution in [0.4, 0.5) is 5.69 Å². The lowest BCUT2D eigenvalue weighted by Crippen LogP contribution is -2.39. The summed E-state index contributed by atoms with van der Waals surface area (Å²) in [5, 5.41) is 4.31. The highest BCUT2D eigenvalue weighted by Crippen LogP contribution is 2.25. The van der Waals surface area contributed by atoms with Gasteiger partial charge in [0, 0.05) is 26.7 Å². The van der Waals surface area contributed by atoms with E-state index in [2.05, 4.69) is 10.00 Å². The second kappa shape index (κ2) is 7.64. The molecule has 0 spiro atoms. The van der Waals surface area contributed by atoms with E-state index in [4.69, 9.17) is 21.1 Å². The van der Waals surface area contributed by atoms with E-state index >= 15 is 0 Å². The smallest absolute Gasteiger partial charge is 0.287 e. The van der Waals surface area contributed by atoms with Gasteiger partial charge >= 0.3 is 0 Å². The number of halogens is 1.